The summed E-state index contributed by atoms with van der Waals surface area (Å²) >= 11 is 0. The molecule has 498 valence electrons. The van der Waals surface area contributed by atoms with Crippen LogP contribution in [0.5, 0.6) is 0 Å². The zero-order valence-corrected chi connectivity index (χ0v) is 59.9. The van der Waals surface area contributed by atoms with Gasteiger partial charge < -0.3 is 66.3 Å². The molecule has 7 unspecified atom stereocenters. The molecule has 0 bridgehead atoms. The van der Waals surface area contributed by atoms with Crippen LogP contribution in [0.1, 0.15) is 180 Å². The Hall–Kier alpha value is -1.91. The van der Waals surface area contributed by atoms with E-state index in [1.807, 2.05) is 83.1 Å². The van der Waals surface area contributed by atoms with E-state index in [-0.39, 0.29) is 129 Å². The SMILES string of the molecule is CCC(C)(C)C(=O)OCCCS(=O)(=O)[O-].CCC(C)(C)C(=O)OCCOC.CCC(C)C(=O)N(C)C.CCC(C)C(=O)OCCCCOCC1CO1.CCC(C)C(=O)OCCCCOCC1CO1.CCC(C)C(=O)OCCCCOCC1CO1.[K+]. The molecular weight excluding hydrogens is 1150 g/mol. The first kappa shape index (κ1) is 89.5. The molecule has 0 spiro atoms. The minimum absolute atomic E-state index is 0. The molecule has 0 aromatic rings. The van der Waals surface area contributed by atoms with Crippen molar-refractivity contribution in [1.82, 2.24) is 4.90 Å². The zero-order valence-electron chi connectivity index (χ0n) is 56.0. The molecule has 3 saturated heterocycles. The molecule has 3 rings (SSSR count). The number of esters is 5. The molecular formula is C61H116KNO21S. The standard InChI is InChI=1S/3C12H22O4.C9H18O5S.C9H18O3.C7H15NO.K/c3*1-3-10(2)12(13)15-7-5-4-6-14-8-11-9-16-11;1-4-9(2,3)8(10)14-6-5-7-15(11,12)13;1-5-9(2,3)8(10)12-7-6-11-4;1-5-6(2)7(9)8(3)4;/h3*10-11H,3-9H2,1-2H3;4-7H2,1-3H3,(H,11,12,13);5-7H2,1-4H3;6H,5H2,1-4H3;/q;;;;;;+1/p-1. The van der Waals surface area contributed by atoms with Crippen LogP contribution in [0.3, 0.4) is 0 Å². The molecule has 0 saturated carbocycles. The molecule has 1 amide bonds. The van der Waals surface area contributed by atoms with Crippen molar-refractivity contribution in [3.05, 3.63) is 0 Å². The molecule has 0 radical (unpaired) electrons. The molecule has 3 fully saturated rings. The summed E-state index contributed by atoms with van der Waals surface area (Å²) in [5.41, 5.74) is -0.927. The number of amides is 1. The Morgan fingerprint density at radius 2 is 0.765 bits per heavy atom. The van der Waals surface area contributed by atoms with E-state index in [2.05, 4.69) is 0 Å². The van der Waals surface area contributed by atoms with Gasteiger partial charge in [0.2, 0.25) is 5.91 Å². The monoisotopic (exact) mass is 1270 g/mol. The quantitative estimate of drug-likeness (QED) is 0.0171. The summed E-state index contributed by atoms with van der Waals surface area (Å²) in [6.07, 6.45) is 11.3. The number of hydrogen-bond acceptors (Lipinski definition) is 21. The molecule has 3 aliphatic heterocycles. The van der Waals surface area contributed by atoms with Gasteiger partial charge in [-0.2, -0.15) is 0 Å². The van der Waals surface area contributed by atoms with Crippen LogP contribution in [-0.2, 0) is 95.7 Å². The second kappa shape index (κ2) is 55.0. The molecule has 85 heavy (non-hydrogen) atoms. The number of rotatable bonds is 40. The van der Waals surface area contributed by atoms with Gasteiger partial charge in [0, 0.05) is 52.7 Å². The van der Waals surface area contributed by atoms with Gasteiger partial charge >= 0.3 is 81.2 Å². The summed E-state index contributed by atoms with van der Waals surface area (Å²) in [5, 5.41) is 0. The first-order chi connectivity index (χ1) is 39.5. The third kappa shape index (κ3) is 57.0. The number of epoxide rings is 3. The summed E-state index contributed by atoms with van der Waals surface area (Å²) in [6, 6.07) is 0. The maximum atomic E-state index is 11.4. The number of ether oxygens (including phenoxy) is 12. The van der Waals surface area contributed by atoms with Crippen LogP contribution in [-0.4, -0.2) is 198 Å². The van der Waals surface area contributed by atoms with E-state index in [0.29, 0.717) is 77.6 Å². The third-order valence-corrected chi connectivity index (χ3v) is 14.4. The Balaban J connectivity index is -0.000000466. The fourth-order valence-electron chi connectivity index (χ4n) is 5.41. The van der Waals surface area contributed by atoms with Crippen molar-refractivity contribution in [3.8, 4) is 0 Å². The van der Waals surface area contributed by atoms with E-state index in [1.54, 1.807) is 40.0 Å². The fraction of sp³-hybridized carbons (Fsp3) is 0.902. The molecule has 22 nitrogen and oxygen atoms in total. The topological polar surface area (TPSA) is 284 Å². The number of unbranched alkanes of at least 4 members (excludes halogenated alkanes) is 3. The maximum Gasteiger partial charge on any atom is 1.00 e. The second-order valence-corrected chi connectivity index (χ2v) is 24.1. The van der Waals surface area contributed by atoms with Crippen LogP contribution in [0.2, 0.25) is 0 Å². The van der Waals surface area contributed by atoms with Crippen LogP contribution in [0.25, 0.3) is 0 Å². The van der Waals surface area contributed by atoms with Gasteiger partial charge in [0.1, 0.15) is 24.9 Å². The smallest absolute Gasteiger partial charge is 0.748 e. The van der Waals surface area contributed by atoms with E-state index in [9.17, 15) is 41.7 Å². The van der Waals surface area contributed by atoms with E-state index in [0.717, 1.165) is 110 Å². The second-order valence-electron chi connectivity index (χ2n) is 22.5. The van der Waals surface area contributed by atoms with Gasteiger partial charge in [-0.3, -0.25) is 28.8 Å². The predicted octanol–water partition coefficient (Wildman–Crippen LogP) is 5.95. The normalized spacial score (nSPS) is 16.8. The maximum absolute atomic E-state index is 11.4. The summed E-state index contributed by atoms with van der Waals surface area (Å²) in [7, 11) is 0.950. The van der Waals surface area contributed by atoms with Crippen LogP contribution < -0.4 is 51.4 Å². The van der Waals surface area contributed by atoms with Gasteiger partial charge in [0.15, 0.2) is 0 Å². The van der Waals surface area contributed by atoms with Crippen LogP contribution in [0, 0.1) is 34.5 Å². The van der Waals surface area contributed by atoms with Crippen molar-refractivity contribution in [2.45, 2.75) is 199 Å². The van der Waals surface area contributed by atoms with Crippen LogP contribution in [0.15, 0.2) is 0 Å². The van der Waals surface area contributed by atoms with E-state index in [1.165, 1.54) is 0 Å². The number of methoxy groups -OCH3 is 1. The molecule has 0 aromatic carbocycles. The molecule has 7 atom stereocenters. The van der Waals surface area contributed by atoms with Crippen LogP contribution >= 0.6 is 0 Å². The number of nitrogens with zero attached hydrogens (tertiary/aromatic N) is 1. The summed E-state index contributed by atoms with van der Waals surface area (Å²) < 4.78 is 91.8. The minimum Gasteiger partial charge on any atom is -0.748 e. The van der Waals surface area contributed by atoms with E-state index >= 15 is 0 Å². The van der Waals surface area contributed by atoms with Gasteiger partial charge in [-0.25, -0.2) is 8.42 Å². The number of hydrogen-bond donors (Lipinski definition) is 0. The van der Waals surface area contributed by atoms with Crippen molar-refractivity contribution in [3.63, 3.8) is 0 Å². The van der Waals surface area contributed by atoms with E-state index in [4.69, 9.17) is 56.8 Å². The number of carbonyl (C=O) groups excluding carboxylic acids is 6. The summed E-state index contributed by atoms with van der Waals surface area (Å²) in [4.78, 5) is 69.2. The molecule has 0 N–H and O–H groups in total. The predicted molar refractivity (Wildman–Crippen MR) is 320 cm³/mol. The van der Waals surface area contributed by atoms with Gasteiger partial charge in [0.25, 0.3) is 0 Å². The average Bonchev–Trinajstić information content (AvgIpc) is 4.35. The number of carbonyl (C=O) groups is 6. The molecule has 24 heteroatoms. The molecule has 0 aliphatic carbocycles. The average molecular weight is 1270 g/mol. The third-order valence-electron chi connectivity index (χ3n) is 13.6. The van der Waals surface area contributed by atoms with Crippen molar-refractivity contribution >= 4 is 45.9 Å². The van der Waals surface area contributed by atoms with Gasteiger partial charge in [-0.1, -0.05) is 69.2 Å². The fourth-order valence-corrected chi connectivity index (χ4v) is 5.89. The van der Waals surface area contributed by atoms with Crippen LogP contribution in [0.4, 0.5) is 0 Å². The molecule has 0 aromatic heterocycles. The van der Waals surface area contributed by atoms with Gasteiger partial charge in [-0.15, -0.1) is 0 Å². The largest absolute Gasteiger partial charge is 1.00 e. The Kier molecular flexibility index (Phi) is 57.9. The van der Waals surface area contributed by atoms with Gasteiger partial charge in [0.05, 0.1) is 111 Å². The summed E-state index contributed by atoms with van der Waals surface area (Å²) in [6.45, 7) is 35.8. The Labute approximate surface area is 555 Å². The Morgan fingerprint density at radius 3 is 1.00 bits per heavy atom. The molecule has 3 heterocycles. The summed E-state index contributed by atoms with van der Waals surface area (Å²) in [5.74, 6) is -0.825. The van der Waals surface area contributed by atoms with Crippen molar-refractivity contribution in [2.75, 3.05) is 126 Å². The van der Waals surface area contributed by atoms with Crippen molar-refractivity contribution in [2.24, 2.45) is 34.5 Å². The zero-order chi connectivity index (χ0) is 64.6. The first-order valence-electron chi connectivity index (χ1n) is 30.6. The van der Waals surface area contributed by atoms with Gasteiger partial charge in [-0.05, 0) is 111 Å². The van der Waals surface area contributed by atoms with Crippen molar-refractivity contribution < 1.29 is 150 Å². The van der Waals surface area contributed by atoms with E-state index < -0.39 is 21.3 Å². The van der Waals surface area contributed by atoms with Crippen molar-refractivity contribution in [1.29, 1.82) is 0 Å². The Morgan fingerprint density at radius 1 is 0.482 bits per heavy atom. The Bertz CT molecular complexity index is 1710. The molecule has 3 aliphatic rings. The minimum atomic E-state index is -4.20. The first-order valence-corrected chi connectivity index (χ1v) is 32.2.